The van der Waals surface area contributed by atoms with Gasteiger partial charge < -0.3 is 22.6 Å². The van der Waals surface area contributed by atoms with Crippen molar-refractivity contribution in [1.82, 2.24) is 19.5 Å². The third kappa shape index (κ3) is 18.1. The van der Waals surface area contributed by atoms with Gasteiger partial charge in [-0.1, -0.05) is 27.7 Å². The number of anilines is 2. The number of benzene rings is 2. The predicted molar refractivity (Wildman–Crippen MR) is 210 cm³/mol. The molecule has 0 radical (unpaired) electrons. The fraction of sp³-hybridized carbons (Fsp3) is 0.419. The SMILES string of the molecule is CCN=C(NS(=O)(=O)c1ccc(N)c(Br)c1)N1CC(C)(C)C=N1.CCN=C(NS(=O)(=O)c1ccc(NC(=O)C(F)(F)F)c(Br)c1)N1CC(C)(C)C=N1.O=CO[O-].[H-].[K+].[K+]. The largest absolute Gasteiger partial charge is 1.00 e. The number of carbonyl (C=O) groups is 2. The van der Waals surface area contributed by atoms with E-state index in [1.165, 1.54) is 23.2 Å². The van der Waals surface area contributed by atoms with Gasteiger partial charge >= 0.3 is 115 Å². The molecule has 0 bridgehead atoms. The van der Waals surface area contributed by atoms with Gasteiger partial charge in [-0.15, -0.1) is 0 Å². The maximum absolute atomic E-state index is 12.7. The monoisotopic (exact) mass is 1040 g/mol. The number of rotatable bonds is 8. The van der Waals surface area contributed by atoms with Crippen LogP contribution in [0, 0.1) is 10.8 Å². The predicted octanol–water partition coefficient (Wildman–Crippen LogP) is -2.50. The molecule has 0 unspecified atom stereocenters. The molecule has 2 heterocycles. The summed E-state index contributed by atoms with van der Waals surface area (Å²) in [6.07, 6.45) is -1.60. The van der Waals surface area contributed by atoms with E-state index in [4.69, 9.17) is 15.8 Å². The van der Waals surface area contributed by atoms with E-state index in [1.807, 2.05) is 34.6 Å². The number of nitrogens with zero attached hydrogens (tertiary/aromatic N) is 6. The summed E-state index contributed by atoms with van der Waals surface area (Å²) in [4.78, 5) is 30.5. The van der Waals surface area contributed by atoms with Crippen LogP contribution in [0.5, 0.6) is 0 Å². The Kier molecular flexibility index (Phi) is 24.1. The second-order valence-corrected chi connectivity index (χ2v) is 17.9. The molecule has 2 aliphatic heterocycles. The van der Waals surface area contributed by atoms with E-state index < -0.39 is 32.1 Å². The molecule has 27 heteroatoms. The topological polar surface area (TPSA) is 253 Å². The molecule has 0 saturated carbocycles. The standard InChI is InChI=1S/C16H19BrF3N5O3S.C14H20BrN5O2S.CH2O3.2K.H/c1-4-21-14(25-9-15(2,3)8-22-25)24-29(27,28)10-5-6-12(11(17)7-10)23-13(26)16(18,19)20;1-4-17-13(20-9-14(2,3)8-18-20)19-23(21,22)10-5-6-12(16)11(15)7-10;2-1-4-3;;;/h5-8H,4,9H2,1-3H3,(H,21,24)(H,23,26);5-8H,4,9,16H2,1-3H3,(H,17,19);1,3H;;;/q;;;2*+1;-1/p-1. The summed E-state index contributed by atoms with van der Waals surface area (Å²) in [5, 5.41) is 21.5. The number of nitrogen functional groups attached to an aromatic ring is 1. The number of amides is 1. The van der Waals surface area contributed by atoms with Gasteiger partial charge in [0.25, 0.3) is 26.5 Å². The maximum atomic E-state index is 12.7. The Balaban J connectivity index is 0. The summed E-state index contributed by atoms with van der Waals surface area (Å²) >= 11 is 6.21. The quantitative estimate of drug-likeness (QED) is 0.0409. The third-order valence-electron chi connectivity index (χ3n) is 6.84. The molecule has 58 heavy (non-hydrogen) atoms. The van der Waals surface area contributed by atoms with Crippen LogP contribution < -0.4 is 129 Å². The summed E-state index contributed by atoms with van der Waals surface area (Å²) in [7, 11) is -7.89. The van der Waals surface area contributed by atoms with Crippen LogP contribution in [-0.2, 0) is 34.5 Å². The number of aliphatic imine (C=N–C) groups is 2. The molecule has 0 saturated heterocycles. The Morgan fingerprint density at radius 1 is 0.897 bits per heavy atom. The third-order valence-corrected chi connectivity index (χ3v) is 10.8. The summed E-state index contributed by atoms with van der Waals surface area (Å²) in [6, 6.07) is 7.64. The molecule has 18 nitrogen and oxygen atoms in total. The minimum atomic E-state index is -5.07. The number of sulfonamides is 2. The summed E-state index contributed by atoms with van der Waals surface area (Å²) in [5.74, 6) is -1.93. The van der Waals surface area contributed by atoms with Crippen molar-refractivity contribution in [1.29, 1.82) is 0 Å². The van der Waals surface area contributed by atoms with Crippen LogP contribution >= 0.6 is 31.9 Å². The van der Waals surface area contributed by atoms with Gasteiger partial charge in [0.2, 0.25) is 11.9 Å². The first kappa shape index (κ1) is 56.9. The molecule has 0 aromatic heterocycles. The van der Waals surface area contributed by atoms with Gasteiger partial charge in [0.15, 0.2) is 0 Å². The Labute approximate surface area is 438 Å². The number of nitrogens with one attached hydrogen (secondary N) is 3. The van der Waals surface area contributed by atoms with Crippen LogP contribution in [0.4, 0.5) is 24.5 Å². The molecule has 2 aliphatic rings. The number of halogens is 5. The number of hydrogen-bond donors (Lipinski definition) is 4. The molecule has 5 N–H and O–H groups in total. The number of guanidine groups is 2. The number of hydrazone groups is 2. The van der Waals surface area contributed by atoms with Crippen LogP contribution in [0.2, 0.25) is 0 Å². The van der Waals surface area contributed by atoms with E-state index in [9.17, 15) is 34.8 Å². The molecule has 0 fully saturated rings. The molecular weight excluding hydrogens is 1000 g/mol. The van der Waals surface area contributed by atoms with Crippen molar-refractivity contribution < 1.29 is 154 Å². The fourth-order valence-electron chi connectivity index (χ4n) is 4.27. The Morgan fingerprint density at radius 3 is 1.60 bits per heavy atom. The van der Waals surface area contributed by atoms with Gasteiger partial charge in [0.1, 0.15) is 0 Å². The minimum absolute atomic E-state index is 0. The first-order valence-corrected chi connectivity index (χ1v) is 20.6. The first-order valence-electron chi connectivity index (χ1n) is 16.1. The molecule has 2 aromatic carbocycles. The van der Waals surface area contributed by atoms with E-state index in [-0.39, 0.29) is 153 Å². The smallest absolute Gasteiger partial charge is 1.00 e. The van der Waals surface area contributed by atoms with Crippen molar-refractivity contribution in [2.75, 3.05) is 37.2 Å². The van der Waals surface area contributed by atoms with Crippen molar-refractivity contribution in [3.8, 4) is 0 Å². The normalized spacial score (nSPS) is 15.7. The maximum Gasteiger partial charge on any atom is 1.00 e. The average Bonchev–Trinajstić information content (AvgIpc) is 3.66. The van der Waals surface area contributed by atoms with Crippen molar-refractivity contribution in [3.63, 3.8) is 0 Å². The van der Waals surface area contributed by atoms with E-state index in [0.717, 1.165) is 18.2 Å². The molecule has 1 amide bonds. The van der Waals surface area contributed by atoms with Crippen molar-refractivity contribution in [3.05, 3.63) is 45.3 Å². The molecule has 312 valence electrons. The Bertz CT molecular complexity index is 2100. The van der Waals surface area contributed by atoms with E-state index in [1.54, 1.807) is 29.7 Å². The van der Waals surface area contributed by atoms with Gasteiger partial charge in [0, 0.05) is 51.0 Å². The van der Waals surface area contributed by atoms with E-state index in [0.29, 0.717) is 36.3 Å². The second kappa shape index (κ2) is 24.5. The molecule has 4 rings (SSSR count). The van der Waals surface area contributed by atoms with E-state index in [2.05, 4.69) is 66.4 Å². The number of hydrogen-bond acceptors (Lipinski definition) is 13. The van der Waals surface area contributed by atoms with Crippen LogP contribution in [0.25, 0.3) is 0 Å². The van der Waals surface area contributed by atoms with Gasteiger partial charge in [-0.05, 0) is 82.1 Å². The van der Waals surface area contributed by atoms with Gasteiger partial charge in [-0.3, -0.25) is 19.6 Å². The number of alkyl halides is 3. The summed E-state index contributed by atoms with van der Waals surface area (Å²) < 4.78 is 93.1. The van der Waals surface area contributed by atoms with Crippen LogP contribution in [0.15, 0.2) is 75.3 Å². The van der Waals surface area contributed by atoms with Crippen LogP contribution in [0.3, 0.4) is 0 Å². The Morgan fingerprint density at radius 2 is 1.29 bits per heavy atom. The molecule has 0 spiro atoms. The zero-order chi connectivity index (χ0) is 42.7. The Hall–Kier alpha value is -1.06. The summed E-state index contributed by atoms with van der Waals surface area (Å²) in [6.45, 7) is 13.0. The van der Waals surface area contributed by atoms with Crippen molar-refractivity contribution >= 4 is 100 Å². The van der Waals surface area contributed by atoms with Gasteiger partial charge in [-0.2, -0.15) is 23.4 Å². The fourth-order valence-corrected chi connectivity index (χ4v) is 7.53. The van der Waals surface area contributed by atoms with Crippen LogP contribution in [0.1, 0.15) is 43.0 Å². The van der Waals surface area contributed by atoms with Crippen molar-refractivity contribution in [2.45, 2.75) is 57.5 Å². The van der Waals surface area contributed by atoms with Crippen LogP contribution in [-0.4, -0.2) is 95.9 Å². The molecular formula is C31H41Br2F3K2N10O8S2. The minimum Gasteiger partial charge on any atom is -1.00 e. The molecule has 2 aromatic rings. The average molecular weight is 1040 g/mol. The van der Waals surface area contributed by atoms with Gasteiger partial charge in [-0.25, -0.2) is 36.3 Å². The molecule has 0 atom stereocenters. The number of carbonyl (C=O) groups excluding carboxylic acids is 2. The zero-order valence-corrected chi connectivity index (χ0v) is 43.8. The van der Waals surface area contributed by atoms with E-state index >= 15 is 0 Å². The zero-order valence-electron chi connectivity index (χ0n) is 33.8. The second-order valence-electron chi connectivity index (χ2n) is 12.9. The first-order chi connectivity index (χ1) is 25.8. The molecule has 0 aliphatic carbocycles. The van der Waals surface area contributed by atoms with Gasteiger partial charge in [0.05, 0.1) is 28.6 Å². The van der Waals surface area contributed by atoms with Crippen molar-refractivity contribution in [2.24, 2.45) is 31.0 Å². The number of nitrogens with two attached hydrogens (primary N) is 1. The summed E-state index contributed by atoms with van der Waals surface area (Å²) in [5.41, 5.74) is 5.55.